The zero-order chi connectivity index (χ0) is 9.68. The lowest BCUT2D eigenvalue weighted by Gasteiger charge is -2.11. The molecule has 1 nitrogen and oxygen atoms in total. The standard InChI is InChI=1S/C12H17N/c1-4-5-6-11-7-9-12(10-8-11)13(2)3/h5-10H,4H2,1-3H3. The Balaban J connectivity index is 2.75. The van der Waals surface area contributed by atoms with Gasteiger partial charge in [0.05, 0.1) is 0 Å². The van der Waals surface area contributed by atoms with Crippen molar-refractivity contribution in [1.82, 2.24) is 0 Å². The topological polar surface area (TPSA) is 3.24 Å². The fourth-order valence-electron chi connectivity index (χ4n) is 1.14. The summed E-state index contributed by atoms with van der Waals surface area (Å²) in [4.78, 5) is 2.10. The SMILES string of the molecule is CCC=Cc1ccc(N(C)C)cc1. The van der Waals surface area contributed by atoms with Crippen LogP contribution in [-0.4, -0.2) is 14.1 Å². The van der Waals surface area contributed by atoms with E-state index in [2.05, 4.69) is 62.3 Å². The molecule has 0 amide bonds. The Labute approximate surface area is 80.7 Å². The molecule has 0 aliphatic carbocycles. The van der Waals surface area contributed by atoms with Gasteiger partial charge in [-0.15, -0.1) is 0 Å². The van der Waals surface area contributed by atoms with Crippen LogP contribution in [0.2, 0.25) is 0 Å². The van der Waals surface area contributed by atoms with Crippen molar-refractivity contribution < 1.29 is 0 Å². The van der Waals surface area contributed by atoms with Crippen molar-refractivity contribution in [2.45, 2.75) is 13.3 Å². The second-order valence-corrected chi connectivity index (χ2v) is 3.30. The van der Waals surface area contributed by atoms with Crippen LogP contribution in [0.3, 0.4) is 0 Å². The Hall–Kier alpha value is -1.24. The monoisotopic (exact) mass is 175 g/mol. The van der Waals surface area contributed by atoms with E-state index in [0.717, 1.165) is 6.42 Å². The van der Waals surface area contributed by atoms with E-state index in [1.807, 2.05) is 0 Å². The first-order chi connectivity index (χ1) is 6.24. The van der Waals surface area contributed by atoms with Crippen molar-refractivity contribution in [2.24, 2.45) is 0 Å². The fraction of sp³-hybridized carbons (Fsp3) is 0.333. The van der Waals surface area contributed by atoms with E-state index >= 15 is 0 Å². The Morgan fingerprint density at radius 3 is 2.23 bits per heavy atom. The summed E-state index contributed by atoms with van der Waals surface area (Å²) in [5.41, 5.74) is 2.51. The zero-order valence-corrected chi connectivity index (χ0v) is 8.62. The largest absolute Gasteiger partial charge is 0.378 e. The number of nitrogens with zero attached hydrogens (tertiary/aromatic N) is 1. The van der Waals surface area contributed by atoms with Gasteiger partial charge in [0.2, 0.25) is 0 Å². The Kier molecular flexibility index (Phi) is 3.56. The maximum absolute atomic E-state index is 2.17. The Bertz CT molecular complexity index is 270. The Morgan fingerprint density at radius 2 is 1.77 bits per heavy atom. The third kappa shape index (κ3) is 2.94. The number of hydrogen-bond acceptors (Lipinski definition) is 1. The maximum atomic E-state index is 2.17. The summed E-state index contributed by atoms with van der Waals surface area (Å²) < 4.78 is 0. The van der Waals surface area contributed by atoms with Crippen LogP contribution in [0.15, 0.2) is 30.3 Å². The lowest BCUT2D eigenvalue weighted by molar-refractivity contribution is 1.13. The summed E-state index contributed by atoms with van der Waals surface area (Å²) in [6, 6.07) is 8.55. The van der Waals surface area contributed by atoms with Crippen molar-refractivity contribution in [3.8, 4) is 0 Å². The van der Waals surface area contributed by atoms with Gasteiger partial charge in [0.15, 0.2) is 0 Å². The minimum Gasteiger partial charge on any atom is -0.378 e. The molecule has 1 aromatic rings. The van der Waals surface area contributed by atoms with Crippen LogP contribution < -0.4 is 4.90 Å². The molecule has 0 saturated heterocycles. The predicted molar refractivity (Wildman–Crippen MR) is 60.1 cm³/mol. The summed E-state index contributed by atoms with van der Waals surface area (Å²) in [6.07, 6.45) is 5.42. The predicted octanol–water partition coefficient (Wildman–Crippen LogP) is 3.18. The summed E-state index contributed by atoms with van der Waals surface area (Å²) in [6.45, 7) is 2.14. The molecule has 0 aromatic heterocycles. The molecule has 1 heteroatoms. The molecule has 1 rings (SSSR count). The van der Waals surface area contributed by atoms with E-state index in [1.165, 1.54) is 11.3 Å². The highest BCUT2D eigenvalue weighted by molar-refractivity contribution is 5.55. The third-order valence-corrected chi connectivity index (χ3v) is 1.96. The highest BCUT2D eigenvalue weighted by Crippen LogP contribution is 2.13. The summed E-state index contributed by atoms with van der Waals surface area (Å²) >= 11 is 0. The minimum absolute atomic E-state index is 1.09. The van der Waals surface area contributed by atoms with E-state index in [-0.39, 0.29) is 0 Å². The summed E-state index contributed by atoms with van der Waals surface area (Å²) in [7, 11) is 4.10. The van der Waals surface area contributed by atoms with Gasteiger partial charge in [-0.2, -0.15) is 0 Å². The van der Waals surface area contributed by atoms with E-state index in [9.17, 15) is 0 Å². The van der Waals surface area contributed by atoms with Crippen LogP contribution in [0.4, 0.5) is 5.69 Å². The fourth-order valence-corrected chi connectivity index (χ4v) is 1.14. The molecule has 0 unspecified atom stereocenters. The summed E-state index contributed by atoms with van der Waals surface area (Å²) in [5, 5.41) is 0. The van der Waals surface area contributed by atoms with Crippen LogP contribution in [0, 0.1) is 0 Å². The van der Waals surface area contributed by atoms with Crippen molar-refractivity contribution in [3.05, 3.63) is 35.9 Å². The minimum atomic E-state index is 1.09. The van der Waals surface area contributed by atoms with Crippen molar-refractivity contribution in [2.75, 3.05) is 19.0 Å². The van der Waals surface area contributed by atoms with Gasteiger partial charge >= 0.3 is 0 Å². The molecule has 0 spiro atoms. The first-order valence-corrected chi connectivity index (χ1v) is 4.68. The molecule has 0 saturated carbocycles. The van der Waals surface area contributed by atoms with Gasteiger partial charge in [-0.05, 0) is 24.1 Å². The molecular formula is C12H17N. The zero-order valence-electron chi connectivity index (χ0n) is 8.62. The molecule has 0 fully saturated rings. The lowest BCUT2D eigenvalue weighted by Crippen LogP contribution is -2.07. The van der Waals surface area contributed by atoms with E-state index in [1.54, 1.807) is 0 Å². The first-order valence-electron chi connectivity index (χ1n) is 4.68. The molecule has 1 aromatic carbocycles. The van der Waals surface area contributed by atoms with Gasteiger partial charge < -0.3 is 4.90 Å². The molecular weight excluding hydrogens is 158 g/mol. The van der Waals surface area contributed by atoms with E-state index in [4.69, 9.17) is 0 Å². The molecule has 0 atom stereocenters. The van der Waals surface area contributed by atoms with Gasteiger partial charge in [-0.1, -0.05) is 31.2 Å². The number of hydrogen-bond donors (Lipinski definition) is 0. The second-order valence-electron chi connectivity index (χ2n) is 3.30. The average Bonchev–Trinajstić information content (AvgIpc) is 2.15. The van der Waals surface area contributed by atoms with Gasteiger partial charge in [0, 0.05) is 19.8 Å². The summed E-state index contributed by atoms with van der Waals surface area (Å²) in [5.74, 6) is 0. The van der Waals surface area contributed by atoms with Crippen LogP contribution in [-0.2, 0) is 0 Å². The first kappa shape index (κ1) is 9.85. The molecule has 0 radical (unpaired) electrons. The lowest BCUT2D eigenvalue weighted by atomic mass is 10.2. The highest BCUT2D eigenvalue weighted by atomic mass is 15.1. The van der Waals surface area contributed by atoms with Gasteiger partial charge in [-0.3, -0.25) is 0 Å². The van der Waals surface area contributed by atoms with Crippen molar-refractivity contribution in [3.63, 3.8) is 0 Å². The smallest absolute Gasteiger partial charge is 0.0361 e. The molecule has 0 aliphatic rings. The van der Waals surface area contributed by atoms with Crippen LogP contribution in [0.25, 0.3) is 6.08 Å². The maximum Gasteiger partial charge on any atom is 0.0361 e. The van der Waals surface area contributed by atoms with Crippen LogP contribution in [0.1, 0.15) is 18.9 Å². The van der Waals surface area contributed by atoms with Gasteiger partial charge in [0.25, 0.3) is 0 Å². The van der Waals surface area contributed by atoms with Gasteiger partial charge in [0.1, 0.15) is 0 Å². The van der Waals surface area contributed by atoms with Crippen molar-refractivity contribution in [1.29, 1.82) is 0 Å². The number of rotatable bonds is 3. The molecule has 70 valence electrons. The van der Waals surface area contributed by atoms with Crippen LogP contribution >= 0.6 is 0 Å². The number of allylic oxidation sites excluding steroid dienone is 1. The number of anilines is 1. The van der Waals surface area contributed by atoms with E-state index in [0.29, 0.717) is 0 Å². The Morgan fingerprint density at radius 1 is 1.15 bits per heavy atom. The van der Waals surface area contributed by atoms with Crippen molar-refractivity contribution >= 4 is 11.8 Å². The molecule has 0 heterocycles. The molecule has 0 aliphatic heterocycles. The quantitative estimate of drug-likeness (QED) is 0.682. The second kappa shape index (κ2) is 4.70. The normalized spacial score (nSPS) is 10.7. The molecule has 0 bridgehead atoms. The molecule has 0 N–H and O–H groups in total. The molecule has 13 heavy (non-hydrogen) atoms. The highest BCUT2D eigenvalue weighted by Gasteiger charge is 1.92. The number of benzene rings is 1. The third-order valence-electron chi connectivity index (χ3n) is 1.96. The van der Waals surface area contributed by atoms with E-state index < -0.39 is 0 Å². The van der Waals surface area contributed by atoms with Gasteiger partial charge in [-0.25, -0.2) is 0 Å². The van der Waals surface area contributed by atoms with Crippen LogP contribution in [0.5, 0.6) is 0 Å². The average molecular weight is 175 g/mol.